The number of carbonyl (C=O) groups is 1. The van der Waals surface area contributed by atoms with E-state index in [1.165, 1.54) is 4.31 Å². The van der Waals surface area contributed by atoms with Crippen LogP contribution in [0.3, 0.4) is 0 Å². The molecule has 0 saturated carbocycles. The molecule has 3 aliphatic rings. The molecule has 1 spiro atoms. The molecule has 1 aromatic carbocycles. The number of anilines is 1. The average molecular weight is 352 g/mol. The number of rotatable bonds is 2. The van der Waals surface area contributed by atoms with Crippen molar-refractivity contribution < 1.29 is 22.7 Å². The van der Waals surface area contributed by atoms with E-state index in [-0.39, 0.29) is 17.2 Å². The molecule has 4 rings (SSSR count). The summed E-state index contributed by atoms with van der Waals surface area (Å²) in [6.07, 6.45) is 2.18. The van der Waals surface area contributed by atoms with Crippen molar-refractivity contribution in [1.29, 1.82) is 0 Å². The van der Waals surface area contributed by atoms with Gasteiger partial charge < -0.3 is 14.8 Å². The summed E-state index contributed by atoms with van der Waals surface area (Å²) < 4.78 is 38.7. The summed E-state index contributed by atoms with van der Waals surface area (Å²) in [6.45, 7) is 2.07. The molecular weight excluding hydrogens is 332 g/mol. The van der Waals surface area contributed by atoms with E-state index in [0.29, 0.717) is 44.8 Å². The molecule has 3 heterocycles. The number of piperidine rings is 1. The van der Waals surface area contributed by atoms with Crippen LogP contribution in [0.1, 0.15) is 24.8 Å². The number of ether oxygens (including phenoxy) is 2. The van der Waals surface area contributed by atoms with Gasteiger partial charge in [0.2, 0.25) is 15.9 Å². The van der Waals surface area contributed by atoms with Gasteiger partial charge in [-0.3, -0.25) is 4.79 Å². The maximum atomic E-state index is 12.9. The van der Waals surface area contributed by atoms with Gasteiger partial charge in [-0.25, -0.2) is 8.42 Å². The molecule has 0 unspecified atom stereocenters. The topological polar surface area (TPSA) is 84.9 Å². The maximum Gasteiger partial charge on any atom is 0.243 e. The lowest BCUT2D eigenvalue weighted by atomic mass is 10.0. The Hall–Kier alpha value is -1.48. The SMILES string of the molecule is O=C1Cc2cc(S(=O)(=O)N3CCC4(CC3)OCCCO4)ccc2N1. The van der Waals surface area contributed by atoms with Gasteiger partial charge in [-0.2, -0.15) is 4.31 Å². The maximum absolute atomic E-state index is 12.9. The van der Waals surface area contributed by atoms with E-state index in [4.69, 9.17) is 9.47 Å². The van der Waals surface area contributed by atoms with Crippen molar-refractivity contribution in [1.82, 2.24) is 4.31 Å². The van der Waals surface area contributed by atoms with Crippen LogP contribution in [0.25, 0.3) is 0 Å². The highest BCUT2D eigenvalue weighted by Gasteiger charge is 2.41. The molecule has 0 radical (unpaired) electrons. The van der Waals surface area contributed by atoms with Gasteiger partial charge in [-0.05, 0) is 30.2 Å². The molecule has 2 fully saturated rings. The molecule has 8 heteroatoms. The van der Waals surface area contributed by atoms with Crippen LogP contribution in [0.2, 0.25) is 0 Å². The van der Waals surface area contributed by atoms with E-state index in [1.54, 1.807) is 18.2 Å². The number of carbonyl (C=O) groups excluding carboxylic acids is 1. The first kappa shape index (κ1) is 16.0. The summed E-state index contributed by atoms with van der Waals surface area (Å²) >= 11 is 0. The fourth-order valence-electron chi connectivity index (χ4n) is 3.49. The second kappa shape index (κ2) is 5.80. The Kier molecular flexibility index (Phi) is 3.87. The number of benzene rings is 1. The summed E-state index contributed by atoms with van der Waals surface area (Å²) in [5.41, 5.74) is 1.43. The van der Waals surface area contributed by atoms with Crippen LogP contribution >= 0.6 is 0 Å². The second-order valence-corrected chi connectivity index (χ2v) is 8.35. The molecular formula is C16H20N2O5S. The Morgan fingerprint density at radius 2 is 1.83 bits per heavy atom. The van der Waals surface area contributed by atoms with Crippen LogP contribution in [-0.2, 0) is 30.7 Å². The molecule has 1 aromatic rings. The minimum absolute atomic E-state index is 0.106. The van der Waals surface area contributed by atoms with Crippen molar-refractivity contribution >= 4 is 21.6 Å². The van der Waals surface area contributed by atoms with Crippen LogP contribution in [0.15, 0.2) is 23.1 Å². The zero-order valence-electron chi connectivity index (χ0n) is 13.3. The number of nitrogens with zero attached hydrogens (tertiary/aromatic N) is 1. The second-order valence-electron chi connectivity index (χ2n) is 6.41. The van der Waals surface area contributed by atoms with Gasteiger partial charge in [0, 0.05) is 31.6 Å². The largest absolute Gasteiger partial charge is 0.350 e. The first-order valence-corrected chi connectivity index (χ1v) is 9.63. The van der Waals surface area contributed by atoms with E-state index in [2.05, 4.69) is 5.32 Å². The van der Waals surface area contributed by atoms with Gasteiger partial charge in [-0.15, -0.1) is 0 Å². The minimum Gasteiger partial charge on any atom is -0.350 e. The molecule has 0 aliphatic carbocycles. The van der Waals surface area contributed by atoms with Crippen molar-refractivity contribution in [2.75, 3.05) is 31.6 Å². The molecule has 1 N–H and O–H groups in total. The Morgan fingerprint density at radius 3 is 2.54 bits per heavy atom. The van der Waals surface area contributed by atoms with Crippen molar-refractivity contribution in [2.24, 2.45) is 0 Å². The van der Waals surface area contributed by atoms with Gasteiger partial charge >= 0.3 is 0 Å². The number of amides is 1. The Morgan fingerprint density at radius 1 is 1.12 bits per heavy atom. The smallest absolute Gasteiger partial charge is 0.243 e. The molecule has 0 bridgehead atoms. The molecule has 130 valence electrons. The summed E-state index contributed by atoms with van der Waals surface area (Å²) in [5, 5.41) is 2.71. The summed E-state index contributed by atoms with van der Waals surface area (Å²) in [7, 11) is -3.57. The third-order valence-electron chi connectivity index (χ3n) is 4.84. The molecule has 3 aliphatic heterocycles. The zero-order valence-corrected chi connectivity index (χ0v) is 14.1. The number of fused-ring (bicyclic) bond motifs is 1. The highest BCUT2D eigenvalue weighted by Crippen LogP contribution is 2.34. The van der Waals surface area contributed by atoms with Crippen LogP contribution in [0.5, 0.6) is 0 Å². The first-order valence-electron chi connectivity index (χ1n) is 8.19. The average Bonchev–Trinajstić information content (AvgIpc) is 2.95. The summed E-state index contributed by atoms with van der Waals surface area (Å²) in [4.78, 5) is 11.7. The van der Waals surface area contributed by atoms with Gasteiger partial charge in [-0.1, -0.05) is 0 Å². The van der Waals surface area contributed by atoms with Crippen molar-refractivity contribution in [3.05, 3.63) is 23.8 Å². The van der Waals surface area contributed by atoms with Crippen molar-refractivity contribution in [2.45, 2.75) is 36.4 Å². The normalized spacial score (nSPS) is 23.9. The van der Waals surface area contributed by atoms with Crippen molar-refractivity contribution in [3.63, 3.8) is 0 Å². The monoisotopic (exact) mass is 352 g/mol. The van der Waals surface area contributed by atoms with Crippen LogP contribution in [0.4, 0.5) is 5.69 Å². The number of hydrogen-bond donors (Lipinski definition) is 1. The molecule has 24 heavy (non-hydrogen) atoms. The number of hydrogen-bond acceptors (Lipinski definition) is 5. The minimum atomic E-state index is -3.57. The van der Waals surface area contributed by atoms with Crippen LogP contribution in [-0.4, -0.2) is 50.7 Å². The summed E-state index contributed by atoms with van der Waals surface area (Å²) in [5.74, 6) is -0.718. The predicted octanol–water partition coefficient (Wildman–Crippen LogP) is 1.10. The number of nitrogens with one attached hydrogen (secondary N) is 1. The Labute approximate surface area is 141 Å². The molecule has 2 saturated heterocycles. The first-order chi connectivity index (χ1) is 11.5. The van der Waals surface area contributed by atoms with E-state index in [1.807, 2.05) is 0 Å². The third kappa shape index (κ3) is 2.73. The fourth-order valence-corrected chi connectivity index (χ4v) is 4.98. The highest BCUT2D eigenvalue weighted by atomic mass is 32.2. The van der Waals surface area contributed by atoms with Gasteiger partial charge in [0.05, 0.1) is 24.5 Å². The van der Waals surface area contributed by atoms with Gasteiger partial charge in [0.1, 0.15) is 0 Å². The lowest BCUT2D eigenvalue weighted by molar-refractivity contribution is -0.280. The summed E-state index contributed by atoms with van der Waals surface area (Å²) in [6, 6.07) is 4.81. The van der Waals surface area contributed by atoms with E-state index >= 15 is 0 Å². The predicted molar refractivity (Wildman–Crippen MR) is 86.0 cm³/mol. The highest BCUT2D eigenvalue weighted by molar-refractivity contribution is 7.89. The molecule has 7 nitrogen and oxygen atoms in total. The Bertz CT molecular complexity index is 761. The van der Waals surface area contributed by atoms with Gasteiger partial charge in [0.25, 0.3) is 0 Å². The Balaban J connectivity index is 1.52. The zero-order chi connectivity index (χ0) is 16.8. The van der Waals surface area contributed by atoms with Crippen LogP contribution in [0, 0.1) is 0 Å². The lowest BCUT2D eigenvalue weighted by Gasteiger charge is -2.42. The van der Waals surface area contributed by atoms with E-state index < -0.39 is 15.8 Å². The van der Waals surface area contributed by atoms with Crippen molar-refractivity contribution in [3.8, 4) is 0 Å². The quantitative estimate of drug-likeness (QED) is 0.861. The fraction of sp³-hybridized carbons (Fsp3) is 0.562. The van der Waals surface area contributed by atoms with Crippen LogP contribution < -0.4 is 5.32 Å². The lowest BCUT2D eigenvalue weighted by Crippen LogP contribution is -2.51. The van der Waals surface area contributed by atoms with E-state index in [0.717, 1.165) is 12.0 Å². The third-order valence-corrected chi connectivity index (χ3v) is 6.74. The standard InChI is InChI=1S/C16H20N2O5S/c19-15-11-12-10-13(2-3-14(12)17-15)24(20,21)18-6-4-16(5-7-18)22-8-1-9-23-16/h2-3,10H,1,4-9,11H2,(H,17,19). The molecule has 0 atom stereocenters. The number of sulfonamides is 1. The van der Waals surface area contributed by atoms with E-state index in [9.17, 15) is 13.2 Å². The molecule has 0 aromatic heterocycles. The van der Waals surface area contributed by atoms with Gasteiger partial charge in [0.15, 0.2) is 5.79 Å². The molecule has 1 amide bonds.